The molecule has 0 saturated carbocycles. The van der Waals surface area contributed by atoms with Gasteiger partial charge in [-0.2, -0.15) is 0 Å². The normalized spacial score (nSPS) is 11.6. The third-order valence-corrected chi connectivity index (χ3v) is 2.79. The number of aliphatic hydroxyl groups excluding tert-OH is 1. The molecule has 0 fully saturated rings. The van der Waals surface area contributed by atoms with Gasteiger partial charge in [-0.1, -0.05) is 17.7 Å². The molecule has 1 unspecified atom stereocenters. The van der Waals surface area contributed by atoms with Gasteiger partial charge in [0.15, 0.2) is 17.6 Å². The Bertz CT molecular complexity index is 465. The van der Waals surface area contributed by atoms with Crippen molar-refractivity contribution in [1.29, 1.82) is 0 Å². The molecule has 0 spiro atoms. The van der Waals surface area contributed by atoms with Crippen molar-refractivity contribution in [3.8, 4) is 11.5 Å². The number of carbonyl (C=O) groups excluding carboxylic acids is 1. The molecule has 1 amide bonds. The number of carbonyl (C=O) groups is 1. The third kappa shape index (κ3) is 4.15. The summed E-state index contributed by atoms with van der Waals surface area (Å²) in [5, 5.41) is 12.4. The van der Waals surface area contributed by atoms with Crippen LogP contribution in [0.25, 0.3) is 0 Å². The summed E-state index contributed by atoms with van der Waals surface area (Å²) >= 11 is 5.91. The fourth-order valence-electron chi connectivity index (χ4n) is 1.57. The van der Waals surface area contributed by atoms with Crippen LogP contribution in [0.4, 0.5) is 0 Å². The summed E-state index contributed by atoms with van der Waals surface area (Å²) in [5.41, 5.74) is 0.456. The number of benzene rings is 1. The van der Waals surface area contributed by atoms with Gasteiger partial charge in [0.2, 0.25) is 0 Å². The molecular weight excluding hydrogens is 282 g/mol. The first-order valence-electron chi connectivity index (χ1n) is 6.06. The number of amides is 1. The van der Waals surface area contributed by atoms with Gasteiger partial charge in [0.05, 0.1) is 13.7 Å². The van der Waals surface area contributed by atoms with Crippen LogP contribution in [0.2, 0.25) is 5.02 Å². The zero-order chi connectivity index (χ0) is 15.1. The van der Waals surface area contributed by atoms with Crippen molar-refractivity contribution in [3.05, 3.63) is 35.4 Å². The van der Waals surface area contributed by atoms with Crippen LogP contribution < -0.4 is 14.8 Å². The lowest BCUT2D eigenvalue weighted by atomic mass is 10.2. The van der Waals surface area contributed by atoms with Crippen LogP contribution in [0, 0.1) is 0 Å². The number of hydrogen-bond acceptors (Lipinski definition) is 4. The number of aliphatic hydroxyl groups is 1. The lowest BCUT2D eigenvalue weighted by molar-refractivity contribution is -0.127. The van der Waals surface area contributed by atoms with E-state index in [0.717, 1.165) is 0 Å². The summed E-state index contributed by atoms with van der Waals surface area (Å²) in [4.78, 5) is 11.8. The minimum atomic E-state index is -0.740. The largest absolute Gasteiger partial charge is 0.493 e. The highest BCUT2D eigenvalue weighted by Gasteiger charge is 2.19. The van der Waals surface area contributed by atoms with Crippen molar-refractivity contribution in [3.63, 3.8) is 0 Å². The molecule has 0 saturated heterocycles. The average Bonchev–Trinajstić information content (AvgIpc) is 2.45. The fraction of sp³-hybridized carbons (Fsp3) is 0.357. The lowest BCUT2D eigenvalue weighted by Crippen LogP contribution is -2.36. The Morgan fingerprint density at radius 1 is 1.60 bits per heavy atom. The van der Waals surface area contributed by atoms with E-state index in [1.54, 1.807) is 25.1 Å². The van der Waals surface area contributed by atoms with Crippen molar-refractivity contribution in [2.75, 3.05) is 13.7 Å². The van der Waals surface area contributed by atoms with Crippen molar-refractivity contribution in [1.82, 2.24) is 5.32 Å². The second-order valence-electron chi connectivity index (χ2n) is 4.05. The number of rotatable bonds is 7. The number of halogens is 1. The molecular formula is C14H18ClNO4. The lowest BCUT2D eigenvalue weighted by Gasteiger charge is -2.19. The monoisotopic (exact) mass is 299 g/mol. The van der Waals surface area contributed by atoms with E-state index in [4.69, 9.17) is 21.1 Å². The summed E-state index contributed by atoms with van der Waals surface area (Å²) in [5.74, 6) is 0.386. The van der Waals surface area contributed by atoms with E-state index in [0.29, 0.717) is 28.6 Å². The van der Waals surface area contributed by atoms with Gasteiger partial charge in [0.25, 0.3) is 5.91 Å². The minimum absolute atomic E-state index is 0.271. The molecule has 0 bridgehead atoms. The highest BCUT2D eigenvalue weighted by atomic mass is 35.5. The maximum absolute atomic E-state index is 11.8. The molecule has 20 heavy (non-hydrogen) atoms. The molecule has 1 aromatic carbocycles. The number of methoxy groups -OCH3 is 1. The zero-order valence-electron chi connectivity index (χ0n) is 11.5. The van der Waals surface area contributed by atoms with Gasteiger partial charge in [-0.05, 0) is 13.0 Å². The van der Waals surface area contributed by atoms with Crippen LogP contribution in [0.3, 0.4) is 0 Å². The van der Waals surface area contributed by atoms with Gasteiger partial charge in [-0.15, -0.1) is 6.58 Å². The molecule has 1 aromatic rings. The molecule has 110 valence electrons. The van der Waals surface area contributed by atoms with E-state index >= 15 is 0 Å². The number of nitrogens with one attached hydrogen (secondary N) is 1. The molecule has 1 rings (SSSR count). The van der Waals surface area contributed by atoms with E-state index in [9.17, 15) is 9.90 Å². The molecule has 0 radical (unpaired) electrons. The van der Waals surface area contributed by atoms with Crippen molar-refractivity contribution < 1.29 is 19.4 Å². The van der Waals surface area contributed by atoms with Crippen LogP contribution in [0.1, 0.15) is 12.5 Å². The second-order valence-corrected chi connectivity index (χ2v) is 4.48. The van der Waals surface area contributed by atoms with Crippen LogP contribution in [-0.4, -0.2) is 30.8 Å². The molecule has 6 heteroatoms. The predicted octanol–water partition coefficient (Wildman–Crippen LogP) is 1.91. The first-order valence-corrected chi connectivity index (χ1v) is 6.43. The van der Waals surface area contributed by atoms with Gasteiger partial charge in [-0.3, -0.25) is 4.79 Å². The summed E-state index contributed by atoms with van der Waals surface area (Å²) in [6.45, 7) is 5.21. The Morgan fingerprint density at radius 3 is 2.85 bits per heavy atom. The highest BCUT2D eigenvalue weighted by molar-refractivity contribution is 6.30. The van der Waals surface area contributed by atoms with E-state index < -0.39 is 6.10 Å². The van der Waals surface area contributed by atoms with Gasteiger partial charge >= 0.3 is 0 Å². The van der Waals surface area contributed by atoms with Crippen LogP contribution in [0.5, 0.6) is 11.5 Å². The maximum atomic E-state index is 11.8. The Hall–Kier alpha value is -1.72. The molecule has 5 nitrogen and oxygen atoms in total. The first kappa shape index (κ1) is 16.3. The van der Waals surface area contributed by atoms with Crippen LogP contribution in [-0.2, 0) is 11.4 Å². The van der Waals surface area contributed by atoms with Gasteiger partial charge in [-0.25, -0.2) is 0 Å². The standard InChI is InChI=1S/C14H18ClNO4/c1-4-5-16-14(18)9(2)20-13-10(8-17)6-11(15)7-12(13)19-3/h4,6-7,9,17H,1,5,8H2,2-3H3,(H,16,18). The van der Waals surface area contributed by atoms with Crippen LogP contribution in [0.15, 0.2) is 24.8 Å². The van der Waals surface area contributed by atoms with E-state index in [2.05, 4.69) is 11.9 Å². The Morgan fingerprint density at radius 2 is 2.30 bits per heavy atom. The molecule has 2 N–H and O–H groups in total. The van der Waals surface area contributed by atoms with Gasteiger partial charge < -0.3 is 19.9 Å². The average molecular weight is 300 g/mol. The number of ether oxygens (including phenoxy) is 2. The summed E-state index contributed by atoms with van der Waals surface area (Å²) in [6, 6.07) is 3.12. The molecule has 0 aromatic heterocycles. The van der Waals surface area contributed by atoms with Crippen molar-refractivity contribution >= 4 is 17.5 Å². The van der Waals surface area contributed by atoms with Crippen LogP contribution >= 0.6 is 11.6 Å². The Labute approximate surface area is 123 Å². The molecule has 0 heterocycles. The highest BCUT2D eigenvalue weighted by Crippen LogP contribution is 2.35. The van der Waals surface area contributed by atoms with Crippen molar-refractivity contribution in [2.24, 2.45) is 0 Å². The van der Waals surface area contributed by atoms with Gasteiger partial charge in [0.1, 0.15) is 0 Å². The molecule has 0 aliphatic rings. The van der Waals surface area contributed by atoms with E-state index in [-0.39, 0.29) is 12.5 Å². The van der Waals surface area contributed by atoms with Gasteiger partial charge in [0, 0.05) is 23.2 Å². The topological polar surface area (TPSA) is 67.8 Å². The fourth-order valence-corrected chi connectivity index (χ4v) is 1.80. The van der Waals surface area contributed by atoms with E-state index in [1.165, 1.54) is 7.11 Å². The predicted molar refractivity (Wildman–Crippen MR) is 77.2 cm³/mol. The summed E-state index contributed by atoms with van der Waals surface area (Å²) in [6.07, 6.45) is 0.836. The second kappa shape index (κ2) is 7.77. The molecule has 0 aliphatic heterocycles. The summed E-state index contributed by atoms with van der Waals surface area (Å²) < 4.78 is 10.7. The van der Waals surface area contributed by atoms with Crippen molar-refractivity contribution in [2.45, 2.75) is 19.6 Å². The first-order chi connectivity index (χ1) is 9.53. The maximum Gasteiger partial charge on any atom is 0.261 e. The zero-order valence-corrected chi connectivity index (χ0v) is 12.2. The Kier molecular flexibility index (Phi) is 6.35. The molecule has 1 atom stereocenters. The third-order valence-electron chi connectivity index (χ3n) is 2.57. The Balaban J connectivity index is 2.95. The smallest absolute Gasteiger partial charge is 0.261 e. The minimum Gasteiger partial charge on any atom is -0.493 e. The quantitative estimate of drug-likeness (QED) is 0.755. The SMILES string of the molecule is C=CCNC(=O)C(C)Oc1c(CO)cc(Cl)cc1OC. The number of hydrogen-bond donors (Lipinski definition) is 2. The summed E-state index contributed by atoms with van der Waals surface area (Å²) in [7, 11) is 1.46. The van der Waals surface area contributed by atoms with E-state index in [1.807, 2.05) is 0 Å². The molecule has 0 aliphatic carbocycles.